The first-order chi connectivity index (χ1) is 8.43. The Bertz CT molecular complexity index is 540. The van der Waals surface area contributed by atoms with Crippen LogP contribution in [0.5, 0.6) is 0 Å². The van der Waals surface area contributed by atoms with Gasteiger partial charge in [0, 0.05) is 11.4 Å². The van der Waals surface area contributed by atoms with Gasteiger partial charge in [-0.05, 0) is 23.3 Å². The van der Waals surface area contributed by atoms with Crippen molar-refractivity contribution in [3.05, 3.63) is 72.8 Å². The Morgan fingerprint density at radius 3 is 1.29 bits per heavy atom. The quantitative estimate of drug-likeness (QED) is 0.659. The van der Waals surface area contributed by atoms with Crippen LogP contribution < -0.4 is 0 Å². The van der Waals surface area contributed by atoms with Gasteiger partial charge in [0.25, 0.3) is 0 Å². The number of benzene rings is 2. The molecule has 0 saturated carbocycles. The molecule has 0 aliphatic rings. The molecule has 0 unspecified atom stereocenters. The number of aromatic nitrogens is 1. The minimum Gasteiger partial charge on any atom is -0.355 e. The molecule has 0 aliphatic heterocycles. The number of H-pyrrole nitrogens is 1. The third-order valence-electron chi connectivity index (χ3n) is 2.86. The lowest BCUT2D eigenvalue weighted by atomic mass is 10.2. The van der Waals surface area contributed by atoms with E-state index in [1.54, 1.807) is 0 Å². The lowest BCUT2D eigenvalue weighted by molar-refractivity contribution is 1.39. The Labute approximate surface area is 101 Å². The van der Waals surface area contributed by atoms with Gasteiger partial charge in [-0.25, -0.2) is 0 Å². The highest BCUT2D eigenvalue weighted by Crippen LogP contribution is 2.23. The van der Waals surface area contributed by atoms with Gasteiger partial charge in [0.15, 0.2) is 0 Å². The summed E-state index contributed by atoms with van der Waals surface area (Å²) in [4.78, 5) is 3.45. The molecule has 1 heteroatoms. The summed E-state index contributed by atoms with van der Waals surface area (Å²) in [6, 6.07) is 25.0. The molecule has 0 amide bonds. The highest BCUT2D eigenvalue weighted by atomic mass is 14.7. The van der Waals surface area contributed by atoms with Crippen molar-refractivity contribution >= 4 is 0 Å². The Hall–Kier alpha value is -2.28. The predicted molar refractivity (Wildman–Crippen MR) is 71.7 cm³/mol. The molecule has 0 bridgehead atoms. The Kier molecular flexibility index (Phi) is 2.51. The molecule has 0 radical (unpaired) electrons. The van der Waals surface area contributed by atoms with Crippen molar-refractivity contribution in [1.82, 2.24) is 4.98 Å². The monoisotopic (exact) mass is 219 g/mol. The van der Waals surface area contributed by atoms with Crippen LogP contribution in [0.25, 0.3) is 22.5 Å². The number of nitrogens with one attached hydrogen (secondary N) is 1. The Balaban J connectivity index is 1.99. The maximum absolute atomic E-state index is 3.45. The van der Waals surface area contributed by atoms with E-state index in [0.29, 0.717) is 0 Å². The second-order valence-electron chi connectivity index (χ2n) is 4.02. The molecule has 0 atom stereocenters. The van der Waals surface area contributed by atoms with Crippen LogP contribution >= 0.6 is 0 Å². The molecular weight excluding hydrogens is 206 g/mol. The van der Waals surface area contributed by atoms with Crippen LogP contribution in [0.4, 0.5) is 0 Å². The zero-order valence-corrected chi connectivity index (χ0v) is 9.43. The minimum absolute atomic E-state index is 1.16. The molecular formula is C16H13N. The zero-order chi connectivity index (χ0) is 11.5. The van der Waals surface area contributed by atoms with Crippen LogP contribution in [0.2, 0.25) is 0 Å². The fourth-order valence-electron chi connectivity index (χ4n) is 1.97. The summed E-state index contributed by atoms with van der Waals surface area (Å²) in [6.45, 7) is 0. The summed E-state index contributed by atoms with van der Waals surface area (Å²) in [5.41, 5.74) is 4.75. The molecule has 1 nitrogen and oxygen atoms in total. The van der Waals surface area contributed by atoms with E-state index < -0.39 is 0 Å². The fraction of sp³-hybridized carbons (Fsp3) is 0. The van der Waals surface area contributed by atoms with Gasteiger partial charge in [0.2, 0.25) is 0 Å². The third-order valence-corrected chi connectivity index (χ3v) is 2.86. The van der Waals surface area contributed by atoms with Crippen LogP contribution in [0.3, 0.4) is 0 Å². The third kappa shape index (κ3) is 2.00. The van der Waals surface area contributed by atoms with Crippen molar-refractivity contribution in [3.8, 4) is 22.5 Å². The van der Waals surface area contributed by atoms with E-state index in [-0.39, 0.29) is 0 Å². The van der Waals surface area contributed by atoms with E-state index in [9.17, 15) is 0 Å². The van der Waals surface area contributed by atoms with E-state index in [4.69, 9.17) is 0 Å². The highest BCUT2D eigenvalue weighted by molar-refractivity contribution is 5.67. The molecule has 0 saturated heterocycles. The van der Waals surface area contributed by atoms with Crippen molar-refractivity contribution in [2.75, 3.05) is 0 Å². The number of rotatable bonds is 2. The van der Waals surface area contributed by atoms with Crippen LogP contribution in [0.1, 0.15) is 0 Å². The number of hydrogen-bond donors (Lipinski definition) is 1. The zero-order valence-electron chi connectivity index (χ0n) is 9.43. The fourth-order valence-corrected chi connectivity index (χ4v) is 1.97. The summed E-state index contributed by atoms with van der Waals surface area (Å²) < 4.78 is 0. The summed E-state index contributed by atoms with van der Waals surface area (Å²) >= 11 is 0. The molecule has 1 aromatic heterocycles. The van der Waals surface area contributed by atoms with Gasteiger partial charge in [0.1, 0.15) is 0 Å². The van der Waals surface area contributed by atoms with E-state index in [2.05, 4.69) is 65.6 Å². The second kappa shape index (κ2) is 4.30. The smallest absolute Gasteiger partial charge is 0.0458 e. The van der Waals surface area contributed by atoms with E-state index in [0.717, 1.165) is 11.4 Å². The Morgan fingerprint density at radius 2 is 0.882 bits per heavy atom. The normalized spacial score (nSPS) is 10.4. The first-order valence-corrected chi connectivity index (χ1v) is 5.73. The standard InChI is InChI=1S/C16H13N/c1-3-7-13(8-4-1)15-11-12-16(17-15)14-9-5-2-6-10-14/h1-12,17H. The SMILES string of the molecule is c1ccc(-c2ccc(-c3ccccc3)[nH]2)cc1. The average Bonchev–Trinajstić information content (AvgIpc) is 2.90. The molecule has 3 rings (SSSR count). The van der Waals surface area contributed by atoms with Crippen molar-refractivity contribution in [2.24, 2.45) is 0 Å². The average molecular weight is 219 g/mol. The van der Waals surface area contributed by atoms with Crippen LogP contribution in [-0.4, -0.2) is 4.98 Å². The molecule has 2 aromatic carbocycles. The second-order valence-corrected chi connectivity index (χ2v) is 4.02. The van der Waals surface area contributed by atoms with Gasteiger partial charge in [0.05, 0.1) is 0 Å². The van der Waals surface area contributed by atoms with E-state index in [1.165, 1.54) is 11.1 Å². The lowest BCUT2D eigenvalue weighted by Gasteiger charge is -1.99. The van der Waals surface area contributed by atoms with Gasteiger partial charge in [-0.3, -0.25) is 0 Å². The van der Waals surface area contributed by atoms with Crippen molar-refractivity contribution < 1.29 is 0 Å². The molecule has 82 valence electrons. The topological polar surface area (TPSA) is 15.8 Å². The van der Waals surface area contributed by atoms with Gasteiger partial charge < -0.3 is 4.98 Å². The molecule has 1 heterocycles. The van der Waals surface area contributed by atoms with Crippen molar-refractivity contribution in [2.45, 2.75) is 0 Å². The Morgan fingerprint density at radius 1 is 0.471 bits per heavy atom. The first-order valence-electron chi connectivity index (χ1n) is 5.73. The van der Waals surface area contributed by atoms with Gasteiger partial charge in [-0.1, -0.05) is 60.7 Å². The minimum atomic E-state index is 1.16. The van der Waals surface area contributed by atoms with Gasteiger partial charge in [-0.2, -0.15) is 0 Å². The van der Waals surface area contributed by atoms with Crippen molar-refractivity contribution in [1.29, 1.82) is 0 Å². The number of hydrogen-bond acceptors (Lipinski definition) is 0. The maximum Gasteiger partial charge on any atom is 0.0458 e. The van der Waals surface area contributed by atoms with Crippen LogP contribution in [-0.2, 0) is 0 Å². The highest BCUT2D eigenvalue weighted by Gasteiger charge is 2.02. The van der Waals surface area contributed by atoms with Crippen LogP contribution in [0, 0.1) is 0 Å². The summed E-state index contributed by atoms with van der Waals surface area (Å²) in [7, 11) is 0. The lowest BCUT2D eigenvalue weighted by Crippen LogP contribution is -1.78. The first kappa shape index (κ1) is 9.91. The summed E-state index contributed by atoms with van der Waals surface area (Å²) in [6.07, 6.45) is 0. The molecule has 0 aliphatic carbocycles. The van der Waals surface area contributed by atoms with E-state index in [1.807, 2.05) is 12.1 Å². The van der Waals surface area contributed by atoms with Gasteiger partial charge in [-0.15, -0.1) is 0 Å². The summed E-state index contributed by atoms with van der Waals surface area (Å²) in [5.74, 6) is 0. The maximum atomic E-state index is 3.45. The largest absolute Gasteiger partial charge is 0.355 e. The molecule has 0 fully saturated rings. The molecule has 1 N–H and O–H groups in total. The molecule has 3 aromatic rings. The molecule has 0 spiro atoms. The summed E-state index contributed by atoms with van der Waals surface area (Å²) in [5, 5.41) is 0. The van der Waals surface area contributed by atoms with E-state index >= 15 is 0 Å². The molecule has 17 heavy (non-hydrogen) atoms. The van der Waals surface area contributed by atoms with Crippen molar-refractivity contribution in [3.63, 3.8) is 0 Å². The predicted octanol–water partition coefficient (Wildman–Crippen LogP) is 4.35. The van der Waals surface area contributed by atoms with Gasteiger partial charge >= 0.3 is 0 Å². The van der Waals surface area contributed by atoms with Crippen LogP contribution in [0.15, 0.2) is 72.8 Å². The number of aromatic amines is 1.